The van der Waals surface area contributed by atoms with E-state index in [4.69, 9.17) is 17.0 Å². The lowest BCUT2D eigenvalue weighted by atomic mass is 10.2. The molecule has 0 saturated heterocycles. The number of imidazole rings is 1. The van der Waals surface area contributed by atoms with Crippen molar-refractivity contribution in [2.24, 2.45) is 0 Å². The minimum absolute atomic E-state index is 0.0854. The third-order valence-electron chi connectivity index (χ3n) is 3.68. The van der Waals surface area contributed by atoms with Crippen molar-refractivity contribution in [1.29, 1.82) is 0 Å². The SMILES string of the molecule is COc1cc2c(cc1F)[nH]c(=S)n2C(C)C(=O)NC1CC1. The maximum atomic E-state index is 13.7. The first-order chi connectivity index (χ1) is 10.0. The largest absolute Gasteiger partial charge is 0.494 e. The first kappa shape index (κ1) is 14.1. The molecule has 1 amide bonds. The van der Waals surface area contributed by atoms with E-state index in [0.717, 1.165) is 12.8 Å². The number of H-pyrrole nitrogens is 1. The summed E-state index contributed by atoms with van der Waals surface area (Å²) in [5.74, 6) is -0.429. The Morgan fingerprint density at radius 1 is 1.57 bits per heavy atom. The Bertz CT molecular complexity index is 763. The molecule has 1 atom stereocenters. The lowest BCUT2D eigenvalue weighted by molar-refractivity contribution is -0.123. The van der Waals surface area contributed by atoms with Gasteiger partial charge in [0, 0.05) is 18.2 Å². The molecule has 3 rings (SSSR count). The highest BCUT2D eigenvalue weighted by molar-refractivity contribution is 7.71. The van der Waals surface area contributed by atoms with Crippen LogP contribution in [0.5, 0.6) is 5.75 Å². The molecule has 1 aliphatic carbocycles. The van der Waals surface area contributed by atoms with Gasteiger partial charge in [-0.1, -0.05) is 0 Å². The standard InChI is InChI=1S/C14H16FN3O2S/c1-7(13(19)16-8-3-4-8)18-11-6-12(20-2)9(15)5-10(11)17-14(18)21/h5-8H,3-4H2,1-2H3,(H,16,19)(H,17,21). The van der Waals surface area contributed by atoms with E-state index in [1.165, 1.54) is 13.2 Å². The molecular weight excluding hydrogens is 293 g/mol. The Morgan fingerprint density at radius 2 is 2.29 bits per heavy atom. The third-order valence-corrected chi connectivity index (χ3v) is 3.98. The summed E-state index contributed by atoms with van der Waals surface area (Å²) in [5.41, 5.74) is 1.20. The summed E-state index contributed by atoms with van der Waals surface area (Å²) in [4.78, 5) is 15.1. The van der Waals surface area contributed by atoms with Gasteiger partial charge in [-0.2, -0.15) is 0 Å². The van der Waals surface area contributed by atoms with Crippen molar-refractivity contribution in [2.45, 2.75) is 31.8 Å². The maximum absolute atomic E-state index is 13.7. The van der Waals surface area contributed by atoms with E-state index in [1.807, 2.05) is 0 Å². The fourth-order valence-corrected chi connectivity index (χ4v) is 2.70. The molecule has 5 nitrogen and oxygen atoms in total. The van der Waals surface area contributed by atoms with Gasteiger partial charge in [0.05, 0.1) is 18.1 Å². The molecule has 1 saturated carbocycles. The number of nitrogens with zero attached hydrogens (tertiary/aromatic N) is 1. The second-order valence-electron chi connectivity index (χ2n) is 5.26. The molecule has 1 aliphatic rings. The first-order valence-corrected chi connectivity index (χ1v) is 7.20. The number of carbonyl (C=O) groups excluding carboxylic acids is 1. The molecule has 0 bridgehead atoms. The van der Waals surface area contributed by atoms with Crippen LogP contribution in [0, 0.1) is 10.6 Å². The highest BCUT2D eigenvalue weighted by Crippen LogP contribution is 2.27. The molecule has 0 aliphatic heterocycles. The van der Waals surface area contributed by atoms with Crippen molar-refractivity contribution in [2.75, 3.05) is 7.11 Å². The van der Waals surface area contributed by atoms with Crippen molar-refractivity contribution >= 4 is 29.2 Å². The molecule has 1 fully saturated rings. The van der Waals surface area contributed by atoms with Crippen LogP contribution in [0.25, 0.3) is 11.0 Å². The van der Waals surface area contributed by atoms with Gasteiger partial charge in [0.2, 0.25) is 5.91 Å². The van der Waals surface area contributed by atoms with Crippen LogP contribution >= 0.6 is 12.2 Å². The zero-order valence-electron chi connectivity index (χ0n) is 11.8. The number of aromatic nitrogens is 2. The Hall–Kier alpha value is -1.89. The van der Waals surface area contributed by atoms with E-state index in [0.29, 0.717) is 15.8 Å². The highest BCUT2D eigenvalue weighted by atomic mass is 32.1. The normalized spacial score (nSPS) is 16.0. The number of aromatic amines is 1. The van der Waals surface area contributed by atoms with Gasteiger partial charge in [-0.15, -0.1) is 0 Å². The number of carbonyl (C=O) groups is 1. The summed E-state index contributed by atoms with van der Waals surface area (Å²) in [6.45, 7) is 1.77. The van der Waals surface area contributed by atoms with Crippen LogP contribution in [0.1, 0.15) is 25.8 Å². The van der Waals surface area contributed by atoms with E-state index in [-0.39, 0.29) is 17.7 Å². The second kappa shape index (κ2) is 5.14. The predicted octanol–water partition coefficient (Wildman–Crippen LogP) is 2.69. The number of hydrogen-bond donors (Lipinski definition) is 2. The molecule has 0 radical (unpaired) electrons. The second-order valence-corrected chi connectivity index (χ2v) is 5.65. The molecule has 0 spiro atoms. The predicted molar refractivity (Wildman–Crippen MR) is 79.5 cm³/mol. The Kier molecular flexibility index (Phi) is 3.44. The Balaban J connectivity index is 2.05. The molecule has 1 heterocycles. The number of benzene rings is 1. The summed E-state index contributed by atoms with van der Waals surface area (Å²) in [5, 5.41) is 2.95. The van der Waals surface area contributed by atoms with Gasteiger partial charge in [-0.3, -0.25) is 4.79 Å². The smallest absolute Gasteiger partial charge is 0.243 e. The van der Waals surface area contributed by atoms with Crippen LogP contribution in [0.4, 0.5) is 4.39 Å². The highest BCUT2D eigenvalue weighted by Gasteiger charge is 2.27. The lowest BCUT2D eigenvalue weighted by Gasteiger charge is -2.15. The number of methoxy groups -OCH3 is 1. The molecule has 112 valence electrons. The van der Waals surface area contributed by atoms with Crippen molar-refractivity contribution in [3.05, 3.63) is 22.7 Å². The molecule has 2 aromatic rings. The minimum Gasteiger partial charge on any atom is -0.494 e. The number of amides is 1. The van der Waals surface area contributed by atoms with Crippen LogP contribution in [0.3, 0.4) is 0 Å². The monoisotopic (exact) mass is 309 g/mol. The number of nitrogens with one attached hydrogen (secondary N) is 2. The van der Waals surface area contributed by atoms with E-state index < -0.39 is 11.9 Å². The van der Waals surface area contributed by atoms with Gasteiger partial charge in [0.25, 0.3) is 0 Å². The lowest BCUT2D eigenvalue weighted by Crippen LogP contribution is -2.32. The molecule has 1 aromatic carbocycles. The fourth-order valence-electron chi connectivity index (χ4n) is 2.33. The average Bonchev–Trinajstić information content (AvgIpc) is 3.19. The average molecular weight is 309 g/mol. The molecular formula is C14H16FN3O2S. The quantitative estimate of drug-likeness (QED) is 0.854. The van der Waals surface area contributed by atoms with E-state index >= 15 is 0 Å². The van der Waals surface area contributed by atoms with Crippen molar-refractivity contribution in [3.63, 3.8) is 0 Å². The summed E-state index contributed by atoms with van der Waals surface area (Å²) >= 11 is 5.26. The van der Waals surface area contributed by atoms with E-state index in [1.54, 1.807) is 17.6 Å². The van der Waals surface area contributed by atoms with Crippen LogP contribution in [0.2, 0.25) is 0 Å². The third kappa shape index (κ3) is 2.53. The Labute approximate surface area is 126 Å². The summed E-state index contributed by atoms with van der Waals surface area (Å²) in [6, 6.07) is 2.69. The van der Waals surface area contributed by atoms with Gasteiger partial charge < -0.3 is 19.6 Å². The molecule has 21 heavy (non-hydrogen) atoms. The maximum Gasteiger partial charge on any atom is 0.243 e. The summed E-state index contributed by atoms with van der Waals surface area (Å²) < 4.78 is 20.8. The number of ether oxygens (including phenoxy) is 1. The number of rotatable bonds is 4. The summed E-state index contributed by atoms with van der Waals surface area (Å²) in [6.07, 6.45) is 2.05. The molecule has 1 aromatic heterocycles. The van der Waals surface area contributed by atoms with Gasteiger partial charge in [0.15, 0.2) is 16.3 Å². The minimum atomic E-state index is -0.470. The van der Waals surface area contributed by atoms with E-state index in [9.17, 15) is 9.18 Å². The van der Waals surface area contributed by atoms with Crippen molar-refractivity contribution in [3.8, 4) is 5.75 Å². The zero-order valence-corrected chi connectivity index (χ0v) is 12.6. The Morgan fingerprint density at radius 3 is 2.90 bits per heavy atom. The van der Waals surface area contributed by atoms with Crippen molar-refractivity contribution < 1.29 is 13.9 Å². The molecule has 2 N–H and O–H groups in total. The topological polar surface area (TPSA) is 59.0 Å². The first-order valence-electron chi connectivity index (χ1n) is 6.79. The van der Waals surface area contributed by atoms with Crippen LogP contribution in [0.15, 0.2) is 12.1 Å². The van der Waals surface area contributed by atoms with Gasteiger partial charge in [-0.05, 0) is 32.0 Å². The molecule has 1 unspecified atom stereocenters. The van der Waals surface area contributed by atoms with Crippen LogP contribution < -0.4 is 10.1 Å². The van der Waals surface area contributed by atoms with Gasteiger partial charge in [-0.25, -0.2) is 4.39 Å². The van der Waals surface area contributed by atoms with Gasteiger partial charge in [0.1, 0.15) is 6.04 Å². The number of halogens is 1. The summed E-state index contributed by atoms with van der Waals surface area (Å²) in [7, 11) is 1.40. The molecule has 7 heteroatoms. The zero-order chi connectivity index (χ0) is 15.1. The fraction of sp³-hybridized carbons (Fsp3) is 0.429. The van der Waals surface area contributed by atoms with Crippen molar-refractivity contribution in [1.82, 2.24) is 14.9 Å². The van der Waals surface area contributed by atoms with Gasteiger partial charge >= 0.3 is 0 Å². The van der Waals surface area contributed by atoms with E-state index in [2.05, 4.69) is 10.3 Å². The number of hydrogen-bond acceptors (Lipinski definition) is 3. The number of fused-ring (bicyclic) bond motifs is 1. The van der Waals surface area contributed by atoms with Crippen LogP contribution in [-0.4, -0.2) is 28.6 Å². The van der Waals surface area contributed by atoms with Crippen LogP contribution in [-0.2, 0) is 4.79 Å².